The minimum Gasteiger partial charge on any atom is -0.497 e. The van der Waals surface area contributed by atoms with E-state index in [1.165, 1.54) is 31.4 Å². The molecule has 2 aromatic carbocycles. The molecule has 0 atom stereocenters. The number of ether oxygens (including phenoxy) is 1. The van der Waals surface area contributed by atoms with Crippen molar-refractivity contribution in [2.24, 2.45) is 0 Å². The smallest absolute Gasteiger partial charge is 0.272 e. The Hall–Kier alpha value is -2.12. The number of amides is 1. The Bertz CT molecular complexity index is 837. The molecule has 2 rings (SSSR count). The summed E-state index contributed by atoms with van der Waals surface area (Å²) in [4.78, 5) is 12.6. The second-order valence-corrected chi connectivity index (χ2v) is 6.90. The first-order chi connectivity index (χ1) is 10.7. The second kappa shape index (κ2) is 6.55. The van der Waals surface area contributed by atoms with Gasteiger partial charge in [0.2, 0.25) is 10.0 Å². The molecule has 5 nitrogen and oxygen atoms in total. The molecule has 0 aromatic heterocycles. The molecule has 1 amide bonds. The maximum Gasteiger partial charge on any atom is 0.272 e. The number of carbonyl (C=O) groups is 1. The highest BCUT2D eigenvalue weighted by Gasteiger charge is 2.28. The monoisotopic (exact) mass is 357 g/mol. The van der Waals surface area contributed by atoms with E-state index in [-0.39, 0.29) is 16.3 Å². The average molecular weight is 358 g/mol. The molecule has 0 bridgehead atoms. The lowest BCUT2D eigenvalue weighted by molar-refractivity contribution is 0.101. The van der Waals surface area contributed by atoms with Crippen LogP contribution in [0.25, 0.3) is 0 Å². The number of hydrogen-bond acceptors (Lipinski definition) is 4. The molecule has 23 heavy (non-hydrogen) atoms. The van der Waals surface area contributed by atoms with Crippen LogP contribution in [0.15, 0.2) is 42.5 Å². The van der Waals surface area contributed by atoms with Crippen molar-refractivity contribution in [1.82, 2.24) is 0 Å². The van der Waals surface area contributed by atoms with Crippen LogP contribution in [0.5, 0.6) is 5.75 Å². The highest BCUT2D eigenvalue weighted by molar-refractivity contribution is 7.92. The zero-order valence-corrected chi connectivity index (χ0v) is 13.9. The molecule has 0 N–H and O–H groups in total. The molecule has 2 aromatic rings. The van der Waals surface area contributed by atoms with Gasteiger partial charge in [0, 0.05) is 5.56 Å². The topological polar surface area (TPSA) is 63.7 Å². The fourth-order valence-corrected chi connectivity index (χ4v) is 3.16. The minimum absolute atomic E-state index is 0.114. The summed E-state index contributed by atoms with van der Waals surface area (Å²) >= 11 is 5.89. The van der Waals surface area contributed by atoms with Crippen molar-refractivity contribution in [2.75, 3.05) is 17.7 Å². The summed E-state index contributed by atoms with van der Waals surface area (Å²) < 4.78 is 42.8. The zero-order chi connectivity index (χ0) is 17.2. The minimum atomic E-state index is -3.97. The van der Waals surface area contributed by atoms with Crippen LogP contribution in [-0.4, -0.2) is 27.7 Å². The van der Waals surface area contributed by atoms with Crippen LogP contribution in [-0.2, 0) is 10.0 Å². The van der Waals surface area contributed by atoms with E-state index in [2.05, 4.69) is 0 Å². The van der Waals surface area contributed by atoms with Gasteiger partial charge in [-0.15, -0.1) is 0 Å². The normalized spacial score (nSPS) is 11.1. The van der Waals surface area contributed by atoms with Crippen molar-refractivity contribution in [3.8, 4) is 5.75 Å². The van der Waals surface area contributed by atoms with Gasteiger partial charge in [-0.25, -0.2) is 17.1 Å². The van der Waals surface area contributed by atoms with Crippen molar-refractivity contribution in [1.29, 1.82) is 0 Å². The highest BCUT2D eigenvalue weighted by Crippen LogP contribution is 2.30. The molecule has 0 fully saturated rings. The fourth-order valence-electron chi connectivity index (χ4n) is 1.94. The maximum atomic E-state index is 13.2. The molecule has 122 valence electrons. The van der Waals surface area contributed by atoms with E-state index in [1.807, 2.05) is 0 Å². The number of nitrogens with zero attached hydrogens (tertiary/aromatic N) is 1. The van der Waals surface area contributed by atoms with Gasteiger partial charge < -0.3 is 4.74 Å². The molecule has 0 radical (unpaired) electrons. The maximum absolute atomic E-state index is 13.2. The predicted octanol–water partition coefficient (Wildman–Crippen LogP) is 3.09. The highest BCUT2D eigenvalue weighted by atomic mass is 35.5. The van der Waals surface area contributed by atoms with Crippen LogP contribution < -0.4 is 9.04 Å². The first-order valence-corrected chi connectivity index (χ1v) is 8.60. The van der Waals surface area contributed by atoms with Gasteiger partial charge in [0.15, 0.2) is 0 Å². The number of methoxy groups -OCH3 is 1. The fraction of sp³-hybridized carbons (Fsp3) is 0.133. The molecule has 0 aliphatic rings. The number of benzene rings is 2. The number of carbonyl (C=O) groups excluding carboxylic acids is 1. The van der Waals surface area contributed by atoms with E-state index in [4.69, 9.17) is 16.3 Å². The standard InChI is InChI=1S/C15H13ClFNO4S/c1-22-12-6-3-10(4-7-12)15(19)18(23(2,20)21)14-8-5-11(17)9-13(14)16/h3-9H,1-2H3. The lowest BCUT2D eigenvalue weighted by Crippen LogP contribution is -2.36. The SMILES string of the molecule is COc1ccc(C(=O)N(c2ccc(F)cc2Cl)S(C)(=O)=O)cc1. The van der Waals surface area contributed by atoms with Gasteiger partial charge in [-0.3, -0.25) is 4.79 Å². The van der Waals surface area contributed by atoms with Crippen LogP contribution in [0.1, 0.15) is 10.4 Å². The summed E-state index contributed by atoms with van der Waals surface area (Å²) in [5, 5.41) is -0.183. The Morgan fingerprint density at radius 3 is 2.26 bits per heavy atom. The third-order valence-corrected chi connectivity index (χ3v) is 4.31. The van der Waals surface area contributed by atoms with Crippen molar-refractivity contribution in [3.63, 3.8) is 0 Å². The van der Waals surface area contributed by atoms with Gasteiger partial charge in [0.25, 0.3) is 5.91 Å². The zero-order valence-electron chi connectivity index (χ0n) is 12.3. The van der Waals surface area contributed by atoms with Gasteiger partial charge in [0.1, 0.15) is 11.6 Å². The Morgan fingerprint density at radius 2 is 1.78 bits per heavy atom. The molecule has 0 unspecified atom stereocenters. The summed E-state index contributed by atoms with van der Waals surface area (Å²) in [6.07, 6.45) is 0.869. The lowest BCUT2D eigenvalue weighted by atomic mass is 10.2. The summed E-state index contributed by atoms with van der Waals surface area (Å²) in [6.45, 7) is 0. The molecule has 0 aliphatic heterocycles. The average Bonchev–Trinajstić information content (AvgIpc) is 2.48. The van der Waals surface area contributed by atoms with E-state index in [9.17, 15) is 17.6 Å². The summed E-state index contributed by atoms with van der Waals surface area (Å²) in [6, 6.07) is 9.02. The summed E-state index contributed by atoms with van der Waals surface area (Å²) in [7, 11) is -2.50. The van der Waals surface area contributed by atoms with Crippen LogP contribution in [0.2, 0.25) is 5.02 Å². The van der Waals surface area contributed by atoms with Crippen molar-refractivity contribution in [2.45, 2.75) is 0 Å². The molecule has 0 saturated heterocycles. The number of halogens is 2. The first-order valence-electron chi connectivity index (χ1n) is 6.38. The Kier molecular flexibility index (Phi) is 4.91. The second-order valence-electron chi connectivity index (χ2n) is 4.66. The summed E-state index contributed by atoms with van der Waals surface area (Å²) in [5.74, 6) is -0.917. The van der Waals surface area contributed by atoms with Crippen LogP contribution >= 0.6 is 11.6 Å². The van der Waals surface area contributed by atoms with Crippen molar-refractivity contribution >= 4 is 33.2 Å². The molecule has 8 heteroatoms. The molecule has 0 heterocycles. The van der Waals surface area contributed by atoms with Crippen LogP contribution in [0, 0.1) is 5.82 Å². The van der Waals surface area contributed by atoms with Crippen molar-refractivity contribution < 1.29 is 22.3 Å². The molecular weight excluding hydrogens is 345 g/mol. The number of sulfonamides is 1. The quantitative estimate of drug-likeness (QED) is 0.843. The van der Waals surface area contributed by atoms with Crippen LogP contribution in [0.3, 0.4) is 0 Å². The predicted molar refractivity (Wildman–Crippen MR) is 86.1 cm³/mol. The molecule has 0 spiro atoms. The van der Waals surface area contributed by atoms with Crippen molar-refractivity contribution in [3.05, 3.63) is 58.9 Å². The molecule has 0 saturated carbocycles. The van der Waals surface area contributed by atoms with E-state index in [0.717, 1.165) is 24.5 Å². The Balaban J connectivity index is 2.52. The van der Waals surface area contributed by atoms with E-state index in [1.54, 1.807) is 0 Å². The summed E-state index contributed by atoms with van der Waals surface area (Å²) in [5.41, 5.74) is 0.00741. The van der Waals surface area contributed by atoms with Gasteiger partial charge in [-0.2, -0.15) is 0 Å². The van der Waals surface area contributed by atoms with Crippen LogP contribution in [0.4, 0.5) is 10.1 Å². The molecular formula is C15H13ClFNO4S. The van der Waals surface area contributed by atoms with E-state index >= 15 is 0 Å². The van der Waals surface area contributed by atoms with Gasteiger partial charge in [-0.1, -0.05) is 11.6 Å². The number of hydrogen-bond donors (Lipinski definition) is 0. The first kappa shape index (κ1) is 17.2. The van der Waals surface area contributed by atoms with E-state index < -0.39 is 21.7 Å². The van der Waals surface area contributed by atoms with Gasteiger partial charge in [-0.05, 0) is 42.5 Å². The van der Waals surface area contributed by atoms with Gasteiger partial charge >= 0.3 is 0 Å². The third kappa shape index (κ3) is 3.80. The Labute approximate surface area is 138 Å². The molecule has 0 aliphatic carbocycles. The van der Waals surface area contributed by atoms with E-state index in [0.29, 0.717) is 10.1 Å². The third-order valence-electron chi connectivity index (χ3n) is 2.98. The largest absolute Gasteiger partial charge is 0.497 e. The Morgan fingerprint density at radius 1 is 1.17 bits per heavy atom. The van der Waals surface area contributed by atoms with Gasteiger partial charge in [0.05, 0.1) is 24.1 Å². The lowest BCUT2D eigenvalue weighted by Gasteiger charge is -2.21. The number of anilines is 1. The number of rotatable bonds is 4.